The van der Waals surface area contributed by atoms with Crippen LogP contribution in [0.25, 0.3) is 0 Å². The SMILES string of the molecule is CCCCCC[S+]([O-])c1ccc(C(=O)c2ccc(NC(c3ccc(Cl)cc3)C3CC3)cc2)cc1C(=O)O. The van der Waals surface area contributed by atoms with Crippen molar-refractivity contribution in [3.8, 4) is 0 Å². The Bertz CT molecular complexity index is 1230. The van der Waals surface area contributed by atoms with Crippen LogP contribution >= 0.6 is 11.6 Å². The summed E-state index contributed by atoms with van der Waals surface area (Å²) in [6.45, 7) is 2.10. The van der Waals surface area contributed by atoms with Gasteiger partial charge >= 0.3 is 5.97 Å². The smallest absolute Gasteiger partial charge is 0.340 e. The highest BCUT2D eigenvalue weighted by Crippen LogP contribution is 2.43. The highest BCUT2D eigenvalue weighted by atomic mass is 35.5. The van der Waals surface area contributed by atoms with Crippen LogP contribution in [0.15, 0.2) is 71.6 Å². The second-order valence-corrected chi connectivity index (χ2v) is 11.5. The number of ketones is 1. The number of nitrogens with one attached hydrogen (secondary N) is 1. The molecule has 3 aromatic carbocycles. The molecular formula is C30H32ClNO4S. The molecule has 4 rings (SSSR count). The van der Waals surface area contributed by atoms with Crippen molar-refractivity contribution in [1.82, 2.24) is 0 Å². The molecule has 0 radical (unpaired) electrons. The van der Waals surface area contributed by atoms with E-state index < -0.39 is 17.1 Å². The number of carbonyl (C=O) groups is 2. The monoisotopic (exact) mass is 537 g/mol. The summed E-state index contributed by atoms with van der Waals surface area (Å²) in [5.74, 6) is -0.474. The molecule has 2 unspecified atom stereocenters. The molecule has 1 aliphatic carbocycles. The van der Waals surface area contributed by atoms with Crippen LogP contribution in [0, 0.1) is 5.92 Å². The van der Waals surface area contributed by atoms with E-state index in [0.717, 1.165) is 31.4 Å². The first-order valence-corrected chi connectivity index (χ1v) is 14.5. The van der Waals surface area contributed by atoms with E-state index in [-0.39, 0.29) is 27.8 Å². The molecule has 1 fully saturated rings. The lowest BCUT2D eigenvalue weighted by Gasteiger charge is -2.20. The van der Waals surface area contributed by atoms with Crippen LogP contribution in [0.2, 0.25) is 5.02 Å². The first-order valence-electron chi connectivity index (χ1n) is 12.8. The Balaban J connectivity index is 1.47. The third-order valence-electron chi connectivity index (χ3n) is 6.69. The van der Waals surface area contributed by atoms with Gasteiger partial charge in [0.2, 0.25) is 0 Å². The van der Waals surface area contributed by atoms with Gasteiger partial charge in [0.25, 0.3) is 0 Å². The Labute approximate surface area is 226 Å². The maximum Gasteiger partial charge on any atom is 0.340 e. The summed E-state index contributed by atoms with van der Waals surface area (Å²) in [5, 5.41) is 14.0. The molecule has 0 aromatic heterocycles. The Hall–Kier alpha value is -2.80. The van der Waals surface area contributed by atoms with Crippen LogP contribution in [-0.2, 0) is 11.2 Å². The van der Waals surface area contributed by atoms with E-state index >= 15 is 0 Å². The first kappa shape index (κ1) is 27.2. The molecule has 194 valence electrons. The zero-order valence-corrected chi connectivity index (χ0v) is 22.5. The number of carboxylic acid groups (broad SMARTS) is 1. The van der Waals surface area contributed by atoms with Gasteiger partial charge in [-0.1, -0.05) is 43.5 Å². The predicted octanol–water partition coefficient (Wildman–Crippen LogP) is 7.52. The number of benzene rings is 3. The minimum absolute atomic E-state index is 0.0757. The lowest BCUT2D eigenvalue weighted by molar-refractivity contribution is 0.0692. The number of hydrogen-bond acceptors (Lipinski definition) is 4. The van der Waals surface area contributed by atoms with Gasteiger partial charge in [0, 0.05) is 21.8 Å². The summed E-state index contributed by atoms with van der Waals surface area (Å²) in [6, 6.07) is 19.7. The van der Waals surface area contributed by atoms with Gasteiger partial charge in [0.05, 0.1) is 6.04 Å². The first-order chi connectivity index (χ1) is 17.9. The molecule has 3 aromatic rings. The molecule has 0 aliphatic heterocycles. The van der Waals surface area contributed by atoms with Crippen molar-refractivity contribution in [3.05, 3.63) is 94.0 Å². The minimum Gasteiger partial charge on any atom is -0.611 e. The van der Waals surface area contributed by atoms with Gasteiger partial charge in [-0.25, -0.2) is 4.79 Å². The van der Waals surface area contributed by atoms with Gasteiger partial charge in [-0.2, -0.15) is 0 Å². The molecule has 37 heavy (non-hydrogen) atoms. The summed E-state index contributed by atoms with van der Waals surface area (Å²) >= 11 is 4.63. The van der Waals surface area contributed by atoms with Gasteiger partial charge in [-0.3, -0.25) is 4.79 Å². The zero-order valence-electron chi connectivity index (χ0n) is 20.9. The Kier molecular flexibility index (Phi) is 9.30. The average molecular weight is 538 g/mol. The molecule has 0 saturated heterocycles. The van der Waals surface area contributed by atoms with Crippen molar-refractivity contribution in [1.29, 1.82) is 0 Å². The minimum atomic E-state index is -1.42. The molecule has 2 N–H and O–H groups in total. The molecule has 5 nitrogen and oxygen atoms in total. The second kappa shape index (κ2) is 12.6. The number of carbonyl (C=O) groups excluding carboxylic acids is 1. The van der Waals surface area contributed by atoms with Crippen molar-refractivity contribution in [2.24, 2.45) is 5.92 Å². The van der Waals surface area contributed by atoms with E-state index in [4.69, 9.17) is 11.6 Å². The summed E-state index contributed by atoms with van der Waals surface area (Å²) in [7, 11) is 0. The molecular weight excluding hydrogens is 506 g/mol. The number of halogens is 1. The Morgan fingerprint density at radius 2 is 1.68 bits per heavy atom. The fourth-order valence-electron chi connectivity index (χ4n) is 4.44. The van der Waals surface area contributed by atoms with Crippen molar-refractivity contribution < 1.29 is 19.2 Å². The molecule has 2 atom stereocenters. The van der Waals surface area contributed by atoms with Crippen LogP contribution < -0.4 is 5.32 Å². The topological polar surface area (TPSA) is 89.5 Å². The third-order valence-corrected chi connectivity index (χ3v) is 8.45. The van der Waals surface area contributed by atoms with E-state index in [1.165, 1.54) is 30.5 Å². The van der Waals surface area contributed by atoms with E-state index in [1.54, 1.807) is 18.2 Å². The highest BCUT2D eigenvalue weighted by molar-refractivity contribution is 7.91. The quantitative estimate of drug-likeness (QED) is 0.134. The number of carboxylic acids is 1. The largest absolute Gasteiger partial charge is 0.611 e. The third kappa shape index (κ3) is 7.16. The van der Waals surface area contributed by atoms with Crippen molar-refractivity contribution >= 4 is 40.2 Å². The second-order valence-electron chi connectivity index (χ2n) is 9.54. The van der Waals surface area contributed by atoms with E-state index in [9.17, 15) is 19.2 Å². The van der Waals surface area contributed by atoms with Crippen molar-refractivity contribution in [2.75, 3.05) is 11.1 Å². The summed E-state index contributed by atoms with van der Waals surface area (Å²) in [6.07, 6.45) is 6.22. The fourth-order valence-corrected chi connectivity index (χ4v) is 5.87. The molecule has 0 heterocycles. The Morgan fingerprint density at radius 3 is 2.30 bits per heavy atom. The van der Waals surface area contributed by atoms with Crippen LogP contribution in [0.5, 0.6) is 0 Å². The Morgan fingerprint density at radius 1 is 1.00 bits per heavy atom. The molecule has 0 spiro atoms. The summed E-state index contributed by atoms with van der Waals surface area (Å²) in [5.41, 5.74) is 2.74. The van der Waals surface area contributed by atoms with Gasteiger partial charge in [-0.15, -0.1) is 0 Å². The maximum atomic E-state index is 13.1. The van der Waals surface area contributed by atoms with Gasteiger partial charge in [0.15, 0.2) is 10.7 Å². The van der Waals surface area contributed by atoms with E-state index in [2.05, 4.69) is 12.2 Å². The molecule has 7 heteroatoms. The molecule has 0 amide bonds. The normalized spacial score (nSPS) is 14.7. The number of unbranched alkanes of at least 4 members (excludes halogenated alkanes) is 3. The number of rotatable bonds is 13. The van der Waals surface area contributed by atoms with Crippen LogP contribution in [0.4, 0.5) is 5.69 Å². The standard InChI is InChI=1S/C30H32ClNO4S/c1-2-3-4-5-18-37(36)27-17-12-23(19-26(27)30(34)35)29(33)22-10-15-25(16-11-22)32-28(20-6-7-20)21-8-13-24(31)14-9-21/h8-17,19-20,28,32H,2-7,18H2,1H3,(H,34,35). The maximum absolute atomic E-state index is 13.1. The lowest BCUT2D eigenvalue weighted by atomic mass is 10.00. The number of aromatic carboxylic acids is 1. The van der Waals surface area contributed by atoms with Gasteiger partial charge < -0.3 is 15.0 Å². The van der Waals surface area contributed by atoms with E-state index in [1.807, 2.05) is 36.4 Å². The van der Waals surface area contributed by atoms with Crippen LogP contribution in [0.3, 0.4) is 0 Å². The number of hydrogen-bond donors (Lipinski definition) is 2. The van der Waals surface area contributed by atoms with E-state index in [0.29, 0.717) is 22.3 Å². The zero-order chi connectivity index (χ0) is 26.4. The number of anilines is 1. The van der Waals surface area contributed by atoms with Crippen LogP contribution in [0.1, 0.15) is 83.3 Å². The fraction of sp³-hybridized carbons (Fsp3) is 0.333. The summed E-state index contributed by atoms with van der Waals surface area (Å²) < 4.78 is 12.7. The van der Waals surface area contributed by atoms with Crippen molar-refractivity contribution in [3.63, 3.8) is 0 Å². The molecule has 0 bridgehead atoms. The van der Waals surface area contributed by atoms with Gasteiger partial charge in [0.1, 0.15) is 11.3 Å². The lowest BCUT2D eigenvalue weighted by Crippen LogP contribution is -2.14. The highest BCUT2D eigenvalue weighted by Gasteiger charge is 2.32. The average Bonchev–Trinajstić information content (AvgIpc) is 3.75. The van der Waals surface area contributed by atoms with Crippen molar-refractivity contribution in [2.45, 2.75) is 56.4 Å². The van der Waals surface area contributed by atoms with Gasteiger partial charge in [-0.05, 0) is 103 Å². The van der Waals surface area contributed by atoms with Crippen LogP contribution in [-0.4, -0.2) is 27.2 Å². The summed E-state index contributed by atoms with van der Waals surface area (Å²) in [4.78, 5) is 25.3. The molecule has 1 aliphatic rings. The molecule has 1 saturated carbocycles. The predicted molar refractivity (Wildman–Crippen MR) is 149 cm³/mol.